The summed E-state index contributed by atoms with van der Waals surface area (Å²) in [6.45, 7) is 1.20. The molecule has 27 heavy (non-hydrogen) atoms. The van der Waals surface area contributed by atoms with Crippen molar-refractivity contribution < 1.29 is 14.6 Å². The van der Waals surface area contributed by atoms with Crippen LogP contribution in [0.4, 0.5) is 0 Å². The molecule has 4 heteroatoms. The van der Waals surface area contributed by atoms with Gasteiger partial charge < -0.3 is 14.4 Å². The number of aromatic carboxylic acids is 1. The van der Waals surface area contributed by atoms with E-state index in [4.69, 9.17) is 9.84 Å². The number of fused-ring (bicyclic) bond motifs is 1. The van der Waals surface area contributed by atoms with Crippen LogP contribution in [-0.4, -0.2) is 15.6 Å². The first-order valence-electron chi connectivity index (χ1n) is 8.77. The fraction of sp³-hybridized carbons (Fsp3) is 0.0870. The van der Waals surface area contributed by atoms with Gasteiger partial charge in [0.15, 0.2) is 0 Å². The van der Waals surface area contributed by atoms with Gasteiger partial charge >= 0.3 is 5.97 Å². The lowest BCUT2D eigenvalue weighted by molar-refractivity contribution is 0.0697. The van der Waals surface area contributed by atoms with E-state index in [2.05, 4.69) is 16.7 Å². The third-order valence-corrected chi connectivity index (χ3v) is 4.56. The first kappa shape index (κ1) is 16.9. The lowest BCUT2D eigenvalue weighted by Gasteiger charge is -2.10. The molecular formula is C23H19NO3. The average molecular weight is 357 g/mol. The number of aromatic nitrogens is 1. The van der Waals surface area contributed by atoms with Gasteiger partial charge in [-0.15, -0.1) is 0 Å². The van der Waals surface area contributed by atoms with Gasteiger partial charge in [-0.3, -0.25) is 0 Å². The third-order valence-electron chi connectivity index (χ3n) is 4.56. The summed E-state index contributed by atoms with van der Waals surface area (Å²) < 4.78 is 8.17. The normalized spacial score (nSPS) is 10.8. The van der Waals surface area contributed by atoms with E-state index in [1.165, 1.54) is 0 Å². The Kier molecular flexibility index (Phi) is 4.62. The van der Waals surface area contributed by atoms with Crippen molar-refractivity contribution in [2.24, 2.45) is 0 Å². The van der Waals surface area contributed by atoms with Gasteiger partial charge in [0.05, 0.1) is 11.1 Å². The summed E-state index contributed by atoms with van der Waals surface area (Å²) in [6, 6.07) is 25.2. The number of benzene rings is 3. The molecule has 134 valence electrons. The minimum atomic E-state index is -0.909. The SMILES string of the molecule is O=C(O)c1ccc(Cn2ccc3c(OCc4ccccc4)cccc32)cc1. The molecule has 4 aromatic rings. The van der Waals surface area contributed by atoms with Gasteiger partial charge in [-0.25, -0.2) is 4.79 Å². The molecule has 0 aliphatic heterocycles. The number of hydrogen-bond acceptors (Lipinski definition) is 2. The van der Waals surface area contributed by atoms with Crippen LogP contribution in [0.1, 0.15) is 21.5 Å². The van der Waals surface area contributed by atoms with Crippen LogP contribution in [0, 0.1) is 0 Å². The van der Waals surface area contributed by atoms with E-state index >= 15 is 0 Å². The zero-order chi connectivity index (χ0) is 18.6. The standard InChI is InChI=1S/C23H19NO3/c25-23(26)19-11-9-17(10-12-19)15-24-14-13-20-21(24)7-4-8-22(20)27-16-18-5-2-1-3-6-18/h1-14H,15-16H2,(H,25,26). The maximum absolute atomic E-state index is 11.0. The van der Waals surface area contributed by atoms with Gasteiger partial charge in [0.1, 0.15) is 12.4 Å². The minimum absolute atomic E-state index is 0.299. The van der Waals surface area contributed by atoms with Crippen molar-refractivity contribution in [3.63, 3.8) is 0 Å². The Hall–Kier alpha value is -3.53. The molecule has 0 saturated heterocycles. The van der Waals surface area contributed by atoms with Crippen LogP contribution in [0.5, 0.6) is 5.75 Å². The number of carbonyl (C=O) groups is 1. The largest absolute Gasteiger partial charge is 0.488 e. The molecule has 0 bridgehead atoms. The van der Waals surface area contributed by atoms with Gasteiger partial charge in [-0.2, -0.15) is 0 Å². The maximum atomic E-state index is 11.0. The second-order valence-corrected chi connectivity index (χ2v) is 6.41. The van der Waals surface area contributed by atoms with Crippen LogP contribution in [0.25, 0.3) is 10.9 Å². The highest BCUT2D eigenvalue weighted by Gasteiger charge is 2.08. The molecule has 0 aliphatic carbocycles. The molecule has 0 spiro atoms. The maximum Gasteiger partial charge on any atom is 0.335 e. The first-order chi connectivity index (χ1) is 13.2. The molecule has 0 fully saturated rings. The molecule has 0 amide bonds. The zero-order valence-electron chi connectivity index (χ0n) is 14.7. The van der Waals surface area contributed by atoms with E-state index in [0.29, 0.717) is 18.7 Å². The zero-order valence-corrected chi connectivity index (χ0v) is 14.7. The molecule has 0 radical (unpaired) electrons. The van der Waals surface area contributed by atoms with E-state index in [9.17, 15) is 4.79 Å². The lowest BCUT2D eigenvalue weighted by atomic mass is 10.1. The number of ether oxygens (including phenoxy) is 1. The Morgan fingerprint density at radius 3 is 2.37 bits per heavy atom. The molecule has 4 nitrogen and oxygen atoms in total. The quantitative estimate of drug-likeness (QED) is 0.530. The molecule has 0 aliphatic rings. The summed E-state index contributed by atoms with van der Waals surface area (Å²) in [7, 11) is 0. The lowest BCUT2D eigenvalue weighted by Crippen LogP contribution is -2.00. The van der Waals surface area contributed by atoms with E-state index in [1.54, 1.807) is 12.1 Å². The highest BCUT2D eigenvalue weighted by molar-refractivity contribution is 5.88. The first-order valence-corrected chi connectivity index (χ1v) is 8.77. The predicted molar refractivity (Wildman–Crippen MR) is 105 cm³/mol. The third kappa shape index (κ3) is 3.70. The Balaban J connectivity index is 1.55. The second-order valence-electron chi connectivity index (χ2n) is 6.41. The van der Waals surface area contributed by atoms with Crippen molar-refractivity contribution in [1.29, 1.82) is 0 Å². The van der Waals surface area contributed by atoms with Crippen LogP contribution < -0.4 is 4.74 Å². The fourth-order valence-electron chi connectivity index (χ4n) is 3.14. The Morgan fingerprint density at radius 2 is 1.63 bits per heavy atom. The Labute approximate surface area is 157 Å². The van der Waals surface area contributed by atoms with Crippen molar-refractivity contribution in [3.8, 4) is 5.75 Å². The number of hydrogen-bond donors (Lipinski definition) is 1. The molecule has 0 atom stereocenters. The van der Waals surface area contributed by atoms with Crippen LogP contribution in [0.2, 0.25) is 0 Å². The molecule has 1 N–H and O–H groups in total. The number of nitrogens with zero attached hydrogens (tertiary/aromatic N) is 1. The molecule has 3 aromatic carbocycles. The highest BCUT2D eigenvalue weighted by Crippen LogP contribution is 2.28. The van der Waals surface area contributed by atoms with E-state index in [0.717, 1.165) is 27.8 Å². The smallest absolute Gasteiger partial charge is 0.335 e. The Morgan fingerprint density at radius 1 is 0.852 bits per heavy atom. The van der Waals surface area contributed by atoms with Crippen molar-refractivity contribution in [2.45, 2.75) is 13.2 Å². The van der Waals surface area contributed by atoms with E-state index < -0.39 is 5.97 Å². The van der Waals surface area contributed by atoms with Gasteiger partial charge in [-0.1, -0.05) is 48.5 Å². The van der Waals surface area contributed by atoms with Crippen LogP contribution in [0.3, 0.4) is 0 Å². The summed E-state index contributed by atoms with van der Waals surface area (Å²) in [6.07, 6.45) is 2.03. The van der Waals surface area contributed by atoms with E-state index in [1.807, 2.05) is 60.8 Å². The van der Waals surface area contributed by atoms with Crippen LogP contribution in [0.15, 0.2) is 85.1 Å². The predicted octanol–water partition coefficient (Wildman–Crippen LogP) is 4.97. The van der Waals surface area contributed by atoms with Gasteiger partial charge in [0.2, 0.25) is 0 Å². The molecule has 0 unspecified atom stereocenters. The molecule has 1 heterocycles. The van der Waals surface area contributed by atoms with Gasteiger partial charge in [0, 0.05) is 18.1 Å². The summed E-state index contributed by atoms with van der Waals surface area (Å²) in [5, 5.41) is 10.1. The number of carboxylic acid groups (broad SMARTS) is 1. The van der Waals surface area contributed by atoms with Gasteiger partial charge in [0.25, 0.3) is 0 Å². The van der Waals surface area contributed by atoms with Crippen LogP contribution in [-0.2, 0) is 13.2 Å². The van der Waals surface area contributed by atoms with E-state index in [-0.39, 0.29) is 0 Å². The highest BCUT2D eigenvalue weighted by atomic mass is 16.5. The summed E-state index contributed by atoms with van der Waals surface area (Å²) >= 11 is 0. The number of rotatable bonds is 6. The summed E-state index contributed by atoms with van der Waals surface area (Å²) in [5.41, 5.74) is 3.57. The van der Waals surface area contributed by atoms with Crippen molar-refractivity contribution in [3.05, 3.63) is 102 Å². The Bertz CT molecular complexity index is 1070. The van der Waals surface area contributed by atoms with Crippen molar-refractivity contribution in [2.75, 3.05) is 0 Å². The number of carboxylic acids is 1. The van der Waals surface area contributed by atoms with Crippen molar-refractivity contribution in [1.82, 2.24) is 4.57 Å². The van der Waals surface area contributed by atoms with Crippen LogP contribution >= 0.6 is 0 Å². The second kappa shape index (κ2) is 7.38. The van der Waals surface area contributed by atoms with Crippen molar-refractivity contribution >= 4 is 16.9 Å². The summed E-state index contributed by atoms with van der Waals surface area (Å²) in [4.78, 5) is 11.0. The minimum Gasteiger partial charge on any atom is -0.488 e. The molecule has 1 aromatic heterocycles. The summed E-state index contributed by atoms with van der Waals surface area (Å²) in [5.74, 6) is -0.0514. The topological polar surface area (TPSA) is 51.5 Å². The molecule has 4 rings (SSSR count). The molecule has 0 saturated carbocycles. The van der Waals surface area contributed by atoms with Gasteiger partial charge in [-0.05, 0) is 41.5 Å². The molecular weight excluding hydrogens is 338 g/mol. The monoisotopic (exact) mass is 357 g/mol. The fourth-order valence-corrected chi connectivity index (χ4v) is 3.14. The average Bonchev–Trinajstić information content (AvgIpc) is 3.11.